The van der Waals surface area contributed by atoms with Crippen LogP contribution in [0.4, 0.5) is 5.13 Å². The van der Waals surface area contributed by atoms with Gasteiger partial charge in [0.2, 0.25) is 0 Å². The first kappa shape index (κ1) is 14.4. The number of aliphatic carboxylic acids is 1. The highest BCUT2D eigenvalue weighted by Crippen LogP contribution is 2.22. The number of anilines is 1. The lowest BCUT2D eigenvalue weighted by molar-refractivity contribution is -0.138. The largest absolute Gasteiger partial charge is 0.480 e. The van der Waals surface area contributed by atoms with Crippen molar-refractivity contribution < 1.29 is 9.90 Å². The fraction of sp³-hybridized carbons (Fsp3) is 0.308. The van der Waals surface area contributed by atoms with Gasteiger partial charge < -0.3 is 15.7 Å². The zero-order chi connectivity index (χ0) is 14.5. The number of hydrogen-bond acceptors (Lipinski definition) is 6. The van der Waals surface area contributed by atoms with Crippen LogP contribution in [0.25, 0.3) is 0 Å². The standard InChI is InChI=1S/C13H16N4O2S/c1-17(7-4-9-2-5-15-6-3-9)13-16-10(8-20-13)11(14)12(18)19/h2-3,5-6,8,11H,4,7,14H2,1H3,(H,18,19). The molecule has 0 aliphatic carbocycles. The van der Waals surface area contributed by atoms with Crippen LogP contribution in [0.1, 0.15) is 17.3 Å². The summed E-state index contributed by atoms with van der Waals surface area (Å²) in [5.74, 6) is -1.07. The number of carboxylic acid groups (broad SMARTS) is 1. The molecule has 0 radical (unpaired) electrons. The second kappa shape index (κ2) is 6.44. The molecular weight excluding hydrogens is 276 g/mol. The summed E-state index contributed by atoms with van der Waals surface area (Å²) in [5, 5.41) is 11.3. The highest BCUT2D eigenvalue weighted by molar-refractivity contribution is 7.13. The fourth-order valence-corrected chi connectivity index (χ4v) is 2.52. The van der Waals surface area contributed by atoms with Crippen LogP contribution in [0.5, 0.6) is 0 Å². The molecule has 2 aromatic rings. The first-order valence-corrected chi connectivity index (χ1v) is 6.99. The topological polar surface area (TPSA) is 92.3 Å². The summed E-state index contributed by atoms with van der Waals surface area (Å²) in [6.07, 6.45) is 4.41. The molecule has 0 saturated carbocycles. The van der Waals surface area contributed by atoms with Crippen molar-refractivity contribution in [2.75, 3.05) is 18.5 Å². The lowest BCUT2D eigenvalue weighted by Crippen LogP contribution is -2.22. The molecule has 7 heteroatoms. The maximum absolute atomic E-state index is 10.8. The number of hydrogen-bond donors (Lipinski definition) is 2. The van der Waals surface area contributed by atoms with Gasteiger partial charge in [-0.2, -0.15) is 0 Å². The third-order valence-corrected chi connectivity index (χ3v) is 3.88. The molecule has 0 saturated heterocycles. The van der Waals surface area contributed by atoms with Gasteiger partial charge in [-0.25, -0.2) is 4.98 Å². The maximum atomic E-state index is 10.8. The average molecular weight is 292 g/mol. The minimum Gasteiger partial charge on any atom is -0.480 e. The van der Waals surface area contributed by atoms with E-state index in [4.69, 9.17) is 10.8 Å². The van der Waals surface area contributed by atoms with Crippen molar-refractivity contribution in [2.24, 2.45) is 5.73 Å². The Balaban J connectivity index is 1.96. The number of pyridine rings is 1. The molecule has 0 fully saturated rings. The van der Waals surface area contributed by atoms with Gasteiger partial charge in [0.05, 0.1) is 5.69 Å². The number of carbonyl (C=O) groups is 1. The van der Waals surface area contributed by atoms with Gasteiger partial charge in [-0.3, -0.25) is 9.78 Å². The van der Waals surface area contributed by atoms with Crippen LogP contribution in [0, 0.1) is 0 Å². The van der Waals surface area contributed by atoms with E-state index in [9.17, 15) is 4.79 Å². The van der Waals surface area contributed by atoms with Crippen LogP contribution in [0.15, 0.2) is 29.9 Å². The Morgan fingerprint density at radius 2 is 2.20 bits per heavy atom. The number of carboxylic acids is 1. The third kappa shape index (κ3) is 3.52. The molecule has 2 aromatic heterocycles. The van der Waals surface area contributed by atoms with Gasteiger partial charge >= 0.3 is 5.97 Å². The number of nitrogens with zero attached hydrogens (tertiary/aromatic N) is 3. The smallest absolute Gasteiger partial charge is 0.326 e. The molecule has 0 amide bonds. The lowest BCUT2D eigenvalue weighted by Gasteiger charge is -2.15. The fourth-order valence-electron chi connectivity index (χ4n) is 1.66. The average Bonchev–Trinajstić information content (AvgIpc) is 2.94. The molecule has 2 heterocycles. The van der Waals surface area contributed by atoms with E-state index in [1.54, 1.807) is 17.8 Å². The van der Waals surface area contributed by atoms with Gasteiger partial charge in [0.1, 0.15) is 6.04 Å². The summed E-state index contributed by atoms with van der Waals surface area (Å²) in [6.45, 7) is 0.791. The summed E-state index contributed by atoms with van der Waals surface area (Å²) < 4.78 is 0. The van der Waals surface area contributed by atoms with Crippen molar-refractivity contribution >= 4 is 22.4 Å². The third-order valence-electron chi connectivity index (χ3n) is 2.91. The molecule has 0 aromatic carbocycles. The summed E-state index contributed by atoms with van der Waals surface area (Å²) in [6, 6.07) is 2.89. The summed E-state index contributed by atoms with van der Waals surface area (Å²) >= 11 is 1.40. The molecule has 106 valence electrons. The van der Waals surface area contributed by atoms with Crippen molar-refractivity contribution in [1.82, 2.24) is 9.97 Å². The van der Waals surface area contributed by atoms with Crippen molar-refractivity contribution in [3.8, 4) is 0 Å². The minimum atomic E-state index is -1.07. The Morgan fingerprint density at radius 1 is 1.50 bits per heavy atom. The number of rotatable bonds is 6. The van der Waals surface area contributed by atoms with E-state index in [1.165, 1.54) is 16.9 Å². The highest BCUT2D eigenvalue weighted by Gasteiger charge is 2.18. The summed E-state index contributed by atoms with van der Waals surface area (Å²) in [7, 11) is 1.93. The van der Waals surface area contributed by atoms with Crippen molar-refractivity contribution in [3.05, 3.63) is 41.2 Å². The predicted molar refractivity (Wildman–Crippen MR) is 77.9 cm³/mol. The number of aromatic nitrogens is 2. The van der Waals surface area contributed by atoms with E-state index in [2.05, 4.69) is 9.97 Å². The molecule has 1 atom stereocenters. The second-order valence-corrected chi connectivity index (χ2v) is 5.23. The van der Waals surface area contributed by atoms with Gasteiger partial charge in [0.15, 0.2) is 5.13 Å². The van der Waals surface area contributed by atoms with E-state index in [1.807, 2.05) is 24.1 Å². The second-order valence-electron chi connectivity index (χ2n) is 4.40. The van der Waals surface area contributed by atoms with Crippen LogP contribution in [0.2, 0.25) is 0 Å². The Hall–Kier alpha value is -1.99. The zero-order valence-corrected chi connectivity index (χ0v) is 11.9. The quantitative estimate of drug-likeness (QED) is 0.833. The number of likely N-dealkylation sites (N-methyl/N-ethyl adjacent to an activating group) is 1. The molecule has 2 rings (SSSR count). The molecule has 20 heavy (non-hydrogen) atoms. The monoisotopic (exact) mass is 292 g/mol. The van der Waals surface area contributed by atoms with Crippen molar-refractivity contribution in [3.63, 3.8) is 0 Å². The van der Waals surface area contributed by atoms with E-state index in [0.717, 1.165) is 18.1 Å². The number of thiazole rings is 1. The Morgan fingerprint density at radius 3 is 2.85 bits per heavy atom. The van der Waals surface area contributed by atoms with Crippen LogP contribution < -0.4 is 10.6 Å². The van der Waals surface area contributed by atoms with Crippen molar-refractivity contribution in [1.29, 1.82) is 0 Å². The highest BCUT2D eigenvalue weighted by atomic mass is 32.1. The van der Waals surface area contributed by atoms with Crippen LogP contribution >= 0.6 is 11.3 Å². The van der Waals surface area contributed by atoms with Gasteiger partial charge in [0, 0.05) is 31.4 Å². The Kier molecular flexibility index (Phi) is 4.65. The Bertz CT molecular complexity index is 573. The van der Waals surface area contributed by atoms with Gasteiger partial charge in [0.25, 0.3) is 0 Å². The van der Waals surface area contributed by atoms with E-state index >= 15 is 0 Å². The summed E-state index contributed by atoms with van der Waals surface area (Å²) in [4.78, 5) is 21.0. The molecule has 3 N–H and O–H groups in total. The molecule has 0 aliphatic rings. The first-order chi connectivity index (χ1) is 9.58. The number of nitrogens with two attached hydrogens (primary N) is 1. The van der Waals surface area contributed by atoms with Gasteiger partial charge in [-0.1, -0.05) is 0 Å². The molecular formula is C13H16N4O2S. The minimum absolute atomic E-state index is 0.397. The van der Waals surface area contributed by atoms with Crippen LogP contribution in [0.3, 0.4) is 0 Å². The molecule has 1 unspecified atom stereocenters. The summed E-state index contributed by atoms with van der Waals surface area (Å²) in [5.41, 5.74) is 7.13. The lowest BCUT2D eigenvalue weighted by atomic mass is 10.2. The maximum Gasteiger partial charge on any atom is 0.326 e. The predicted octanol–water partition coefficient (Wildman–Crippen LogP) is 1.30. The normalized spacial score (nSPS) is 12.1. The molecule has 0 spiro atoms. The Labute approximate surface area is 120 Å². The first-order valence-electron chi connectivity index (χ1n) is 6.12. The zero-order valence-electron chi connectivity index (χ0n) is 11.1. The molecule has 0 bridgehead atoms. The van der Waals surface area contributed by atoms with Gasteiger partial charge in [-0.15, -0.1) is 11.3 Å². The van der Waals surface area contributed by atoms with E-state index in [0.29, 0.717) is 5.69 Å². The molecule has 0 aliphatic heterocycles. The van der Waals surface area contributed by atoms with E-state index in [-0.39, 0.29) is 0 Å². The van der Waals surface area contributed by atoms with E-state index < -0.39 is 12.0 Å². The van der Waals surface area contributed by atoms with Crippen LogP contribution in [-0.2, 0) is 11.2 Å². The van der Waals surface area contributed by atoms with Crippen molar-refractivity contribution in [2.45, 2.75) is 12.5 Å². The molecule has 6 nitrogen and oxygen atoms in total. The van der Waals surface area contributed by atoms with Gasteiger partial charge in [-0.05, 0) is 24.1 Å². The SMILES string of the molecule is CN(CCc1ccncc1)c1nc(C(N)C(=O)O)cs1. The van der Waals surface area contributed by atoms with Crippen LogP contribution in [-0.4, -0.2) is 34.6 Å².